The molecule has 0 bridgehead atoms. The first kappa shape index (κ1) is 23.8. The Kier molecular flexibility index (Phi) is 8.50. The molecular weight excluding hydrogens is 424 g/mol. The van der Waals surface area contributed by atoms with Crippen LogP contribution in [-0.4, -0.2) is 33.2 Å². The first-order valence-electron chi connectivity index (χ1n) is 9.35. The molecule has 164 valence electrons. The molecule has 0 unspecified atom stereocenters. The maximum atomic E-state index is 12.0. The van der Waals surface area contributed by atoms with Gasteiger partial charge in [0, 0.05) is 60.0 Å². The van der Waals surface area contributed by atoms with Crippen molar-refractivity contribution in [3.05, 3.63) is 67.8 Å². The monoisotopic (exact) mass is 446 g/mol. The average molecular weight is 446 g/mol. The summed E-state index contributed by atoms with van der Waals surface area (Å²) in [7, 11) is 0. The third-order valence-electron chi connectivity index (χ3n) is 4.34. The number of nitro groups is 2. The lowest BCUT2D eigenvalue weighted by atomic mass is 10.2. The minimum absolute atomic E-state index is 0.0340. The third-order valence-corrected chi connectivity index (χ3v) is 5.32. The van der Waals surface area contributed by atoms with Crippen molar-refractivity contribution in [2.75, 3.05) is 22.1 Å². The number of amides is 2. The highest BCUT2D eigenvalue weighted by Crippen LogP contribution is 2.22. The van der Waals surface area contributed by atoms with E-state index in [1.165, 1.54) is 48.2 Å². The Morgan fingerprint density at radius 2 is 1.19 bits per heavy atom. The predicted octanol–water partition coefficient (Wildman–Crippen LogP) is 4.21. The van der Waals surface area contributed by atoms with Gasteiger partial charge in [0.1, 0.15) is 0 Å². The van der Waals surface area contributed by atoms with E-state index >= 15 is 0 Å². The lowest BCUT2D eigenvalue weighted by molar-refractivity contribution is -0.385. The molecule has 0 radical (unpaired) electrons. The van der Waals surface area contributed by atoms with Crippen LogP contribution in [0.1, 0.15) is 24.0 Å². The second-order valence-corrected chi connectivity index (χ2v) is 7.95. The third kappa shape index (κ3) is 7.37. The number of nitrogens with zero attached hydrogens (tertiary/aromatic N) is 2. The summed E-state index contributed by atoms with van der Waals surface area (Å²) < 4.78 is 0. The quantitative estimate of drug-likeness (QED) is 0.316. The number of thioether (sulfide) groups is 1. The van der Waals surface area contributed by atoms with Gasteiger partial charge in [-0.2, -0.15) is 11.8 Å². The molecule has 0 aliphatic rings. The van der Waals surface area contributed by atoms with Crippen molar-refractivity contribution in [3.8, 4) is 0 Å². The van der Waals surface area contributed by atoms with Crippen molar-refractivity contribution >= 4 is 46.3 Å². The van der Waals surface area contributed by atoms with Crippen LogP contribution in [0, 0.1) is 34.1 Å². The van der Waals surface area contributed by atoms with Crippen molar-refractivity contribution in [3.63, 3.8) is 0 Å². The zero-order valence-electron chi connectivity index (χ0n) is 17.0. The van der Waals surface area contributed by atoms with Crippen LogP contribution in [0.15, 0.2) is 36.4 Å². The minimum Gasteiger partial charge on any atom is -0.326 e. The molecule has 2 aromatic carbocycles. The van der Waals surface area contributed by atoms with E-state index in [1.807, 2.05) is 0 Å². The zero-order chi connectivity index (χ0) is 23.0. The van der Waals surface area contributed by atoms with Crippen LogP contribution in [0.2, 0.25) is 0 Å². The number of benzene rings is 2. The Labute approximate surface area is 182 Å². The molecule has 0 aliphatic carbocycles. The number of nitrogens with one attached hydrogen (secondary N) is 2. The van der Waals surface area contributed by atoms with Gasteiger partial charge in [0.15, 0.2) is 0 Å². The number of anilines is 2. The smallest absolute Gasteiger partial charge is 0.269 e. The van der Waals surface area contributed by atoms with Gasteiger partial charge in [0.25, 0.3) is 11.4 Å². The minimum atomic E-state index is -0.492. The highest BCUT2D eigenvalue weighted by Gasteiger charge is 2.12. The molecule has 0 saturated carbocycles. The molecule has 0 aromatic heterocycles. The number of hydrogen-bond donors (Lipinski definition) is 2. The fourth-order valence-corrected chi connectivity index (χ4v) is 3.52. The Morgan fingerprint density at radius 1 is 0.806 bits per heavy atom. The number of rotatable bonds is 10. The van der Waals surface area contributed by atoms with E-state index in [4.69, 9.17) is 0 Å². The summed E-state index contributed by atoms with van der Waals surface area (Å²) in [4.78, 5) is 44.6. The molecule has 0 saturated heterocycles. The number of hydrogen-bond acceptors (Lipinski definition) is 7. The van der Waals surface area contributed by atoms with E-state index in [-0.39, 0.29) is 36.0 Å². The molecule has 0 aliphatic heterocycles. The van der Waals surface area contributed by atoms with E-state index in [0.717, 1.165) is 0 Å². The maximum Gasteiger partial charge on any atom is 0.269 e. The highest BCUT2D eigenvalue weighted by atomic mass is 32.2. The van der Waals surface area contributed by atoms with Crippen LogP contribution < -0.4 is 10.6 Å². The topological polar surface area (TPSA) is 144 Å². The molecule has 0 heterocycles. The molecule has 2 rings (SSSR count). The molecule has 0 spiro atoms. The van der Waals surface area contributed by atoms with Gasteiger partial charge in [-0.15, -0.1) is 0 Å². The van der Waals surface area contributed by atoms with E-state index in [9.17, 15) is 29.8 Å². The van der Waals surface area contributed by atoms with Gasteiger partial charge in [-0.05, 0) is 37.1 Å². The molecule has 0 atom stereocenters. The number of carbonyl (C=O) groups excluding carboxylic acids is 2. The van der Waals surface area contributed by atoms with Crippen LogP contribution in [0.25, 0.3) is 0 Å². The van der Waals surface area contributed by atoms with Crippen LogP contribution in [-0.2, 0) is 9.59 Å². The molecule has 31 heavy (non-hydrogen) atoms. The summed E-state index contributed by atoms with van der Waals surface area (Å²) in [6.07, 6.45) is 0.481. The number of carbonyl (C=O) groups is 2. The second kappa shape index (κ2) is 11.1. The Bertz CT molecular complexity index is 932. The van der Waals surface area contributed by atoms with Gasteiger partial charge >= 0.3 is 0 Å². The molecule has 10 nitrogen and oxygen atoms in total. The van der Waals surface area contributed by atoms with Gasteiger partial charge in [0.2, 0.25) is 11.8 Å². The van der Waals surface area contributed by atoms with Crippen molar-refractivity contribution < 1.29 is 19.4 Å². The van der Waals surface area contributed by atoms with E-state index in [2.05, 4.69) is 10.6 Å². The lowest BCUT2D eigenvalue weighted by Gasteiger charge is -2.09. The maximum absolute atomic E-state index is 12.0. The molecule has 2 aromatic rings. The van der Waals surface area contributed by atoms with Crippen molar-refractivity contribution in [1.29, 1.82) is 0 Å². The standard InChI is InChI=1S/C20H22N4O6S/c1-13-11-15(23(27)28)3-5-17(13)21-19(25)7-9-31-10-8-20(26)22-18-6-4-16(24(29)30)12-14(18)2/h3-6,11-12H,7-10H2,1-2H3,(H,21,25)(H,22,26). The zero-order valence-corrected chi connectivity index (χ0v) is 17.9. The van der Waals surface area contributed by atoms with Gasteiger partial charge < -0.3 is 10.6 Å². The molecular formula is C20H22N4O6S. The second-order valence-electron chi connectivity index (χ2n) is 6.72. The van der Waals surface area contributed by atoms with Crippen molar-refractivity contribution in [2.24, 2.45) is 0 Å². The van der Waals surface area contributed by atoms with Crippen LogP contribution in [0.3, 0.4) is 0 Å². The summed E-state index contributed by atoms with van der Waals surface area (Å²) >= 11 is 1.45. The van der Waals surface area contributed by atoms with Crippen LogP contribution in [0.5, 0.6) is 0 Å². The number of non-ortho nitro benzene ring substituents is 2. The van der Waals surface area contributed by atoms with E-state index in [0.29, 0.717) is 34.0 Å². The SMILES string of the molecule is Cc1cc([N+](=O)[O-])ccc1NC(=O)CCSCCC(=O)Nc1ccc([N+](=O)[O-])cc1C. The summed E-state index contributed by atoms with van der Waals surface area (Å²) in [6.45, 7) is 3.37. The molecule has 11 heteroatoms. The Balaban J connectivity index is 1.70. The first-order chi connectivity index (χ1) is 14.7. The summed E-state index contributed by atoms with van der Waals surface area (Å²) in [6, 6.07) is 8.47. The van der Waals surface area contributed by atoms with Crippen LogP contribution >= 0.6 is 11.8 Å². The Hall–Kier alpha value is -3.47. The van der Waals surface area contributed by atoms with Gasteiger partial charge in [-0.3, -0.25) is 29.8 Å². The number of aryl methyl sites for hydroxylation is 2. The number of nitro benzene ring substituents is 2. The highest BCUT2D eigenvalue weighted by molar-refractivity contribution is 7.99. The van der Waals surface area contributed by atoms with Gasteiger partial charge in [-0.1, -0.05) is 0 Å². The first-order valence-corrected chi connectivity index (χ1v) is 10.5. The van der Waals surface area contributed by atoms with Gasteiger partial charge in [-0.25, -0.2) is 0 Å². The molecule has 0 fully saturated rings. The van der Waals surface area contributed by atoms with Gasteiger partial charge in [0.05, 0.1) is 9.85 Å². The van der Waals surface area contributed by atoms with Crippen molar-refractivity contribution in [1.82, 2.24) is 0 Å². The summed E-state index contributed by atoms with van der Waals surface area (Å²) in [5, 5.41) is 27.0. The van der Waals surface area contributed by atoms with E-state index < -0.39 is 9.85 Å². The fraction of sp³-hybridized carbons (Fsp3) is 0.300. The van der Waals surface area contributed by atoms with Crippen LogP contribution in [0.4, 0.5) is 22.7 Å². The van der Waals surface area contributed by atoms with E-state index in [1.54, 1.807) is 13.8 Å². The summed E-state index contributed by atoms with van der Waals surface area (Å²) in [5.74, 6) is 0.606. The normalized spacial score (nSPS) is 10.4. The summed E-state index contributed by atoms with van der Waals surface area (Å²) in [5.41, 5.74) is 2.19. The average Bonchev–Trinajstić information content (AvgIpc) is 2.70. The largest absolute Gasteiger partial charge is 0.326 e. The fourth-order valence-electron chi connectivity index (χ4n) is 2.66. The van der Waals surface area contributed by atoms with Crippen molar-refractivity contribution in [2.45, 2.75) is 26.7 Å². The lowest BCUT2D eigenvalue weighted by Crippen LogP contribution is -2.15. The molecule has 2 N–H and O–H groups in total. The predicted molar refractivity (Wildman–Crippen MR) is 119 cm³/mol. The Morgan fingerprint density at radius 3 is 1.52 bits per heavy atom. The molecule has 2 amide bonds.